The van der Waals surface area contributed by atoms with E-state index in [2.05, 4.69) is 17.6 Å². The summed E-state index contributed by atoms with van der Waals surface area (Å²) >= 11 is 0. The predicted molar refractivity (Wildman–Crippen MR) is 74.6 cm³/mol. The first-order valence-corrected chi connectivity index (χ1v) is 6.78. The molecule has 1 heterocycles. The second-order valence-electron chi connectivity index (χ2n) is 5.54. The third kappa shape index (κ3) is 2.96. The van der Waals surface area contributed by atoms with Gasteiger partial charge in [0.25, 0.3) is 0 Å². The lowest BCUT2D eigenvalue weighted by Gasteiger charge is -2.31. The SMILES string of the molecule is CC1CCNC1C(=O)NC(C)(CO)c1ccccc1. The maximum atomic E-state index is 12.3. The normalized spacial score (nSPS) is 25.8. The van der Waals surface area contributed by atoms with Gasteiger partial charge >= 0.3 is 0 Å². The van der Waals surface area contributed by atoms with Gasteiger partial charge in [-0.15, -0.1) is 0 Å². The minimum Gasteiger partial charge on any atom is -0.394 e. The van der Waals surface area contributed by atoms with E-state index in [1.807, 2.05) is 37.3 Å². The van der Waals surface area contributed by atoms with Gasteiger partial charge in [0.15, 0.2) is 0 Å². The lowest BCUT2D eigenvalue weighted by atomic mass is 9.91. The number of hydrogen-bond donors (Lipinski definition) is 3. The summed E-state index contributed by atoms with van der Waals surface area (Å²) in [5.74, 6) is 0.295. The zero-order chi connectivity index (χ0) is 13.9. The highest BCUT2D eigenvalue weighted by Gasteiger charge is 2.34. The second kappa shape index (κ2) is 5.72. The molecule has 1 amide bonds. The average Bonchev–Trinajstić information content (AvgIpc) is 2.86. The molecule has 4 nitrogen and oxygen atoms in total. The summed E-state index contributed by atoms with van der Waals surface area (Å²) in [7, 11) is 0. The smallest absolute Gasteiger partial charge is 0.238 e. The highest BCUT2D eigenvalue weighted by atomic mass is 16.3. The highest BCUT2D eigenvalue weighted by molar-refractivity contribution is 5.83. The summed E-state index contributed by atoms with van der Waals surface area (Å²) in [4.78, 5) is 12.3. The van der Waals surface area contributed by atoms with E-state index in [4.69, 9.17) is 0 Å². The Morgan fingerprint density at radius 3 is 2.68 bits per heavy atom. The summed E-state index contributed by atoms with van der Waals surface area (Å²) in [6, 6.07) is 9.42. The molecule has 0 saturated carbocycles. The molecule has 104 valence electrons. The van der Waals surface area contributed by atoms with E-state index in [1.165, 1.54) is 0 Å². The molecule has 1 aliphatic heterocycles. The molecule has 3 atom stereocenters. The van der Waals surface area contributed by atoms with Gasteiger partial charge in [0.2, 0.25) is 5.91 Å². The van der Waals surface area contributed by atoms with Crippen molar-refractivity contribution in [2.75, 3.05) is 13.2 Å². The van der Waals surface area contributed by atoms with Crippen LogP contribution in [0.1, 0.15) is 25.8 Å². The van der Waals surface area contributed by atoms with Crippen molar-refractivity contribution in [2.45, 2.75) is 31.8 Å². The van der Waals surface area contributed by atoms with Gasteiger partial charge in [0.1, 0.15) is 0 Å². The summed E-state index contributed by atoms with van der Waals surface area (Å²) < 4.78 is 0. The minimum absolute atomic E-state index is 0.0367. The van der Waals surface area contributed by atoms with Crippen LogP contribution in [0, 0.1) is 5.92 Å². The zero-order valence-electron chi connectivity index (χ0n) is 11.5. The molecule has 3 N–H and O–H groups in total. The third-order valence-corrected chi connectivity index (χ3v) is 3.94. The number of rotatable bonds is 4. The molecule has 1 aromatic carbocycles. The fraction of sp³-hybridized carbons (Fsp3) is 0.533. The number of amides is 1. The van der Waals surface area contributed by atoms with Gasteiger partial charge in [-0.05, 0) is 31.4 Å². The van der Waals surface area contributed by atoms with Crippen molar-refractivity contribution in [3.8, 4) is 0 Å². The number of aliphatic hydroxyl groups excluding tert-OH is 1. The van der Waals surface area contributed by atoms with Crippen LogP contribution in [0.5, 0.6) is 0 Å². The van der Waals surface area contributed by atoms with E-state index in [0.29, 0.717) is 5.92 Å². The van der Waals surface area contributed by atoms with Crippen LogP contribution in [-0.4, -0.2) is 30.2 Å². The molecule has 1 fully saturated rings. The Balaban J connectivity index is 2.12. The Bertz CT molecular complexity index is 435. The van der Waals surface area contributed by atoms with E-state index >= 15 is 0 Å². The number of carbonyl (C=O) groups excluding carboxylic acids is 1. The minimum atomic E-state index is -0.734. The summed E-state index contributed by atoms with van der Waals surface area (Å²) in [5, 5.41) is 15.9. The van der Waals surface area contributed by atoms with Crippen molar-refractivity contribution < 1.29 is 9.90 Å². The first-order chi connectivity index (χ1) is 9.07. The van der Waals surface area contributed by atoms with Gasteiger partial charge in [-0.1, -0.05) is 37.3 Å². The van der Waals surface area contributed by atoms with Gasteiger partial charge in [-0.3, -0.25) is 4.79 Å². The molecule has 4 heteroatoms. The van der Waals surface area contributed by atoms with Crippen molar-refractivity contribution in [2.24, 2.45) is 5.92 Å². The van der Waals surface area contributed by atoms with Crippen molar-refractivity contribution in [3.63, 3.8) is 0 Å². The Kier molecular flexibility index (Phi) is 4.22. The molecule has 0 bridgehead atoms. The molecule has 0 radical (unpaired) electrons. The van der Waals surface area contributed by atoms with Crippen LogP contribution in [0.25, 0.3) is 0 Å². The average molecular weight is 262 g/mol. The maximum Gasteiger partial charge on any atom is 0.238 e. The van der Waals surface area contributed by atoms with E-state index in [1.54, 1.807) is 0 Å². The molecule has 1 saturated heterocycles. The Morgan fingerprint density at radius 1 is 1.47 bits per heavy atom. The molecule has 2 rings (SSSR count). The Hall–Kier alpha value is -1.39. The molecule has 0 aliphatic carbocycles. The summed E-state index contributed by atoms with van der Waals surface area (Å²) in [6.07, 6.45) is 1.01. The van der Waals surface area contributed by atoms with Crippen LogP contribution in [0.4, 0.5) is 0 Å². The first kappa shape index (κ1) is 14.0. The Morgan fingerprint density at radius 2 is 2.16 bits per heavy atom. The van der Waals surface area contributed by atoms with Crippen molar-refractivity contribution in [3.05, 3.63) is 35.9 Å². The predicted octanol–water partition coefficient (Wildman–Crippen LogP) is 1.01. The fourth-order valence-corrected chi connectivity index (χ4v) is 2.54. The number of nitrogens with one attached hydrogen (secondary N) is 2. The maximum absolute atomic E-state index is 12.3. The van der Waals surface area contributed by atoms with Gasteiger partial charge in [0.05, 0.1) is 18.2 Å². The van der Waals surface area contributed by atoms with Gasteiger partial charge in [-0.25, -0.2) is 0 Å². The van der Waals surface area contributed by atoms with E-state index in [9.17, 15) is 9.90 Å². The van der Waals surface area contributed by atoms with E-state index < -0.39 is 5.54 Å². The second-order valence-corrected chi connectivity index (χ2v) is 5.54. The fourth-order valence-electron chi connectivity index (χ4n) is 2.54. The van der Waals surface area contributed by atoms with Crippen LogP contribution < -0.4 is 10.6 Å². The van der Waals surface area contributed by atoms with Crippen molar-refractivity contribution >= 4 is 5.91 Å². The molecule has 1 aliphatic rings. The van der Waals surface area contributed by atoms with E-state index in [-0.39, 0.29) is 18.6 Å². The molecule has 19 heavy (non-hydrogen) atoms. The Labute approximate surface area is 114 Å². The van der Waals surface area contributed by atoms with Crippen LogP contribution in [0.2, 0.25) is 0 Å². The summed E-state index contributed by atoms with van der Waals surface area (Å²) in [5.41, 5.74) is 0.180. The van der Waals surface area contributed by atoms with Crippen molar-refractivity contribution in [1.82, 2.24) is 10.6 Å². The zero-order valence-corrected chi connectivity index (χ0v) is 11.5. The number of aliphatic hydroxyl groups is 1. The standard InChI is InChI=1S/C15H22N2O2/c1-11-8-9-16-13(11)14(19)17-15(2,10-18)12-6-4-3-5-7-12/h3-7,11,13,16,18H,8-10H2,1-2H3,(H,17,19). The third-order valence-electron chi connectivity index (χ3n) is 3.94. The molecule has 1 aromatic rings. The largest absolute Gasteiger partial charge is 0.394 e. The molecular formula is C15H22N2O2. The van der Waals surface area contributed by atoms with Crippen LogP contribution in [0.3, 0.4) is 0 Å². The van der Waals surface area contributed by atoms with Crippen LogP contribution in [-0.2, 0) is 10.3 Å². The van der Waals surface area contributed by atoms with E-state index in [0.717, 1.165) is 18.5 Å². The lowest BCUT2D eigenvalue weighted by Crippen LogP contribution is -2.53. The molecule has 0 spiro atoms. The topological polar surface area (TPSA) is 61.4 Å². The summed E-state index contributed by atoms with van der Waals surface area (Å²) in [6.45, 7) is 4.67. The quantitative estimate of drug-likeness (QED) is 0.759. The van der Waals surface area contributed by atoms with Crippen LogP contribution in [0.15, 0.2) is 30.3 Å². The van der Waals surface area contributed by atoms with Gasteiger partial charge in [-0.2, -0.15) is 0 Å². The van der Waals surface area contributed by atoms with Crippen molar-refractivity contribution in [1.29, 1.82) is 0 Å². The van der Waals surface area contributed by atoms with Crippen LogP contribution >= 0.6 is 0 Å². The lowest BCUT2D eigenvalue weighted by molar-refractivity contribution is -0.126. The van der Waals surface area contributed by atoms with Gasteiger partial charge < -0.3 is 15.7 Å². The molecule has 3 unspecified atom stereocenters. The highest BCUT2D eigenvalue weighted by Crippen LogP contribution is 2.22. The number of carbonyl (C=O) groups is 1. The molecular weight excluding hydrogens is 240 g/mol. The number of benzene rings is 1. The molecule has 0 aromatic heterocycles. The van der Waals surface area contributed by atoms with Gasteiger partial charge in [0, 0.05) is 0 Å². The first-order valence-electron chi connectivity index (χ1n) is 6.78. The number of hydrogen-bond acceptors (Lipinski definition) is 3. The monoisotopic (exact) mass is 262 g/mol.